The number of halogens is 1. The predicted molar refractivity (Wildman–Crippen MR) is 102 cm³/mol. The fraction of sp³-hybridized carbons (Fsp3) is 0.421. The van der Waals surface area contributed by atoms with Crippen LogP contribution < -0.4 is 11.1 Å². The van der Waals surface area contributed by atoms with E-state index in [1.165, 1.54) is 17.1 Å². The summed E-state index contributed by atoms with van der Waals surface area (Å²) >= 11 is 0. The van der Waals surface area contributed by atoms with Gasteiger partial charge in [0.15, 0.2) is 5.82 Å². The van der Waals surface area contributed by atoms with Gasteiger partial charge in [0.1, 0.15) is 5.82 Å². The number of hydrogen-bond acceptors (Lipinski definition) is 4. The molecule has 0 saturated carbocycles. The van der Waals surface area contributed by atoms with Crippen molar-refractivity contribution in [2.45, 2.75) is 46.3 Å². The monoisotopic (exact) mass is 388 g/mol. The van der Waals surface area contributed by atoms with Crippen LogP contribution in [0.15, 0.2) is 24.3 Å². The molecule has 0 spiro atoms. The Labute approximate surface area is 162 Å². The second-order valence-electron chi connectivity index (χ2n) is 6.88. The van der Waals surface area contributed by atoms with Crippen molar-refractivity contribution >= 4 is 17.8 Å². The van der Waals surface area contributed by atoms with Crippen molar-refractivity contribution in [2.24, 2.45) is 11.7 Å². The molecule has 0 radical (unpaired) electrons. The maximum Gasteiger partial charge on any atom is 0.329 e. The lowest BCUT2D eigenvalue weighted by Crippen LogP contribution is -2.46. The van der Waals surface area contributed by atoms with Crippen molar-refractivity contribution in [3.8, 4) is 0 Å². The maximum absolute atomic E-state index is 13.1. The number of fused-ring (bicyclic) bond motifs is 1. The molecule has 1 aliphatic heterocycles. The molecule has 0 unspecified atom stereocenters. The lowest BCUT2D eigenvalue weighted by molar-refractivity contribution is -0.120. The number of H-pyrrole nitrogens is 1. The summed E-state index contributed by atoms with van der Waals surface area (Å²) in [7, 11) is 0. The first-order valence-electron chi connectivity index (χ1n) is 9.36. The summed E-state index contributed by atoms with van der Waals surface area (Å²) < 4.78 is 13.1. The van der Waals surface area contributed by atoms with Gasteiger partial charge in [-0.2, -0.15) is 5.10 Å². The van der Waals surface area contributed by atoms with Crippen LogP contribution in [0.2, 0.25) is 0 Å². The van der Waals surface area contributed by atoms with Gasteiger partial charge in [-0.3, -0.25) is 14.9 Å². The summed E-state index contributed by atoms with van der Waals surface area (Å²) in [6.07, 6.45) is 1.52. The molecular formula is C19H25FN6O2. The van der Waals surface area contributed by atoms with E-state index in [1.807, 2.05) is 13.8 Å². The Morgan fingerprint density at radius 3 is 2.57 bits per heavy atom. The van der Waals surface area contributed by atoms with Crippen molar-refractivity contribution in [1.82, 2.24) is 20.2 Å². The molecule has 3 rings (SSSR count). The zero-order chi connectivity index (χ0) is 20.3. The summed E-state index contributed by atoms with van der Waals surface area (Å²) in [5.74, 6) is 0.0244. The van der Waals surface area contributed by atoms with Gasteiger partial charge < -0.3 is 11.1 Å². The van der Waals surface area contributed by atoms with E-state index in [9.17, 15) is 14.0 Å². The molecule has 3 amide bonds. The molecule has 0 atom stereocenters. The van der Waals surface area contributed by atoms with Gasteiger partial charge in [-0.1, -0.05) is 26.0 Å². The molecular weight excluding hydrogens is 363 g/mol. The molecule has 28 heavy (non-hydrogen) atoms. The molecule has 2 aromatic rings. The lowest BCUT2D eigenvalue weighted by Gasteiger charge is -2.30. The molecule has 1 aromatic carbocycles. The highest BCUT2D eigenvalue weighted by Gasteiger charge is 2.31. The molecule has 0 bridgehead atoms. The highest BCUT2D eigenvalue weighted by molar-refractivity contribution is 5.92. The van der Waals surface area contributed by atoms with Crippen molar-refractivity contribution < 1.29 is 14.0 Å². The Morgan fingerprint density at radius 1 is 1.29 bits per heavy atom. The molecule has 2 heterocycles. The Bertz CT molecular complexity index is 847. The smallest absolute Gasteiger partial charge is 0.329 e. The number of urea groups is 1. The number of amides is 3. The predicted octanol–water partition coefficient (Wildman–Crippen LogP) is 2.74. The van der Waals surface area contributed by atoms with E-state index in [2.05, 4.69) is 15.5 Å². The standard InChI is InChI=1S/C19H25FN6O2/c1-3-13(4-2)18(27)22-17-15-10-25(11-16(15)23-24-17)26(19(21)28)9-12-5-7-14(20)8-6-12/h5-8,13H,3-4,9-11H2,1-2H3,(H2,21,28)(H2,22,23,24,27). The minimum atomic E-state index is -0.606. The van der Waals surface area contributed by atoms with Crippen LogP contribution in [0.3, 0.4) is 0 Å². The van der Waals surface area contributed by atoms with Crippen LogP contribution in [0.25, 0.3) is 0 Å². The number of aromatic nitrogens is 2. The fourth-order valence-electron chi connectivity index (χ4n) is 3.36. The lowest BCUT2D eigenvalue weighted by atomic mass is 10.0. The van der Waals surface area contributed by atoms with Gasteiger partial charge in [0.2, 0.25) is 5.91 Å². The van der Waals surface area contributed by atoms with Crippen molar-refractivity contribution in [3.05, 3.63) is 46.9 Å². The molecule has 4 N–H and O–H groups in total. The van der Waals surface area contributed by atoms with Gasteiger partial charge in [-0.25, -0.2) is 14.2 Å². The third kappa shape index (κ3) is 4.14. The topological polar surface area (TPSA) is 107 Å². The Balaban J connectivity index is 1.72. The van der Waals surface area contributed by atoms with Gasteiger partial charge in [0.05, 0.1) is 18.8 Å². The number of carbonyl (C=O) groups excluding carboxylic acids is 2. The van der Waals surface area contributed by atoms with E-state index in [4.69, 9.17) is 5.73 Å². The number of hydrazine groups is 1. The van der Waals surface area contributed by atoms with Crippen LogP contribution in [0, 0.1) is 11.7 Å². The van der Waals surface area contributed by atoms with E-state index >= 15 is 0 Å². The summed E-state index contributed by atoms with van der Waals surface area (Å²) in [6, 6.07) is 5.31. The van der Waals surface area contributed by atoms with Gasteiger partial charge in [-0.05, 0) is 30.5 Å². The Morgan fingerprint density at radius 2 is 1.96 bits per heavy atom. The number of nitrogens with one attached hydrogen (secondary N) is 2. The number of nitrogens with two attached hydrogens (primary N) is 1. The normalized spacial score (nSPS) is 13.6. The van der Waals surface area contributed by atoms with Crippen LogP contribution in [0.4, 0.5) is 15.0 Å². The van der Waals surface area contributed by atoms with E-state index in [1.54, 1.807) is 17.1 Å². The van der Waals surface area contributed by atoms with Gasteiger partial charge in [0.25, 0.3) is 0 Å². The van der Waals surface area contributed by atoms with Crippen LogP contribution in [-0.2, 0) is 24.4 Å². The largest absolute Gasteiger partial charge is 0.350 e. The van der Waals surface area contributed by atoms with Crippen LogP contribution in [0.5, 0.6) is 0 Å². The number of anilines is 1. The van der Waals surface area contributed by atoms with E-state index < -0.39 is 6.03 Å². The van der Waals surface area contributed by atoms with E-state index in [0.29, 0.717) is 18.9 Å². The fourth-order valence-corrected chi connectivity index (χ4v) is 3.36. The molecule has 1 aromatic heterocycles. The highest BCUT2D eigenvalue weighted by atomic mass is 19.1. The zero-order valence-corrected chi connectivity index (χ0v) is 16.0. The second-order valence-corrected chi connectivity index (χ2v) is 6.88. The molecule has 0 saturated heterocycles. The minimum absolute atomic E-state index is 0.0594. The SMILES string of the molecule is CCC(CC)C(=O)Nc1n[nH]c2c1CN(N(Cc1ccc(F)cc1)C(N)=O)C2. The van der Waals surface area contributed by atoms with Gasteiger partial charge in [0, 0.05) is 18.0 Å². The third-order valence-corrected chi connectivity index (χ3v) is 5.07. The molecule has 0 aliphatic carbocycles. The number of benzene rings is 1. The van der Waals surface area contributed by atoms with E-state index in [-0.39, 0.29) is 24.2 Å². The van der Waals surface area contributed by atoms with Gasteiger partial charge in [-0.15, -0.1) is 0 Å². The molecule has 9 heteroatoms. The van der Waals surface area contributed by atoms with Crippen LogP contribution in [-0.4, -0.2) is 32.2 Å². The number of rotatable bonds is 7. The minimum Gasteiger partial charge on any atom is -0.350 e. The molecule has 8 nitrogen and oxygen atoms in total. The quantitative estimate of drug-likeness (QED) is 0.678. The van der Waals surface area contributed by atoms with E-state index in [0.717, 1.165) is 29.7 Å². The number of aromatic amines is 1. The Kier molecular flexibility index (Phi) is 5.93. The number of hydrogen-bond donors (Lipinski definition) is 3. The van der Waals surface area contributed by atoms with Crippen molar-refractivity contribution in [1.29, 1.82) is 0 Å². The average Bonchev–Trinajstić information content (AvgIpc) is 3.24. The third-order valence-electron chi connectivity index (χ3n) is 5.07. The maximum atomic E-state index is 13.1. The first-order valence-corrected chi connectivity index (χ1v) is 9.36. The number of nitrogens with zero attached hydrogens (tertiary/aromatic N) is 3. The highest BCUT2D eigenvalue weighted by Crippen LogP contribution is 2.29. The van der Waals surface area contributed by atoms with Crippen LogP contribution >= 0.6 is 0 Å². The number of carbonyl (C=O) groups is 2. The van der Waals surface area contributed by atoms with Crippen molar-refractivity contribution in [2.75, 3.05) is 5.32 Å². The van der Waals surface area contributed by atoms with Crippen molar-refractivity contribution in [3.63, 3.8) is 0 Å². The molecule has 150 valence electrons. The average molecular weight is 388 g/mol. The summed E-state index contributed by atoms with van der Waals surface area (Å²) in [6.45, 7) is 4.97. The zero-order valence-electron chi connectivity index (χ0n) is 16.0. The molecule has 1 aliphatic rings. The first-order chi connectivity index (χ1) is 13.4. The Hall–Kier alpha value is -2.94. The van der Waals surface area contributed by atoms with Gasteiger partial charge >= 0.3 is 6.03 Å². The second kappa shape index (κ2) is 8.39. The summed E-state index contributed by atoms with van der Waals surface area (Å²) in [5, 5.41) is 13.2. The summed E-state index contributed by atoms with van der Waals surface area (Å²) in [4.78, 5) is 24.4. The molecule has 0 fully saturated rings. The number of primary amides is 1. The van der Waals surface area contributed by atoms with Crippen LogP contribution in [0.1, 0.15) is 43.5 Å². The first kappa shape index (κ1) is 19.8. The summed E-state index contributed by atoms with van der Waals surface area (Å²) in [5.41, 5.74) is 7.99.